The summed E-state index contributed by atoms with van der Waals surface area (Å²) in [7, 11) is 0. The second kappa shape index (κ2) is 4.87. The Hall–Kier alpha value is -0.730. The van der Waals surface area contributed by atoms with E-state index in [0.29, 0.717) is 4.60 Å². The first-order valence-corrected chi connectivity index (χ1v) is 6.73. The monoisotopic (exact) mass is 423 g/mol. The van der Waals surface area contributed by atoms with Gasteiger partial charge in [0.05, 0.1) is 15.1 Å². The molecule has 1 aromatic carbocycles. The zero-order chi connectivity index (χ0) is 12.6. The van der Waals surface area contributed by atoms with Crippen molar-refractivity contribution in [1.29, 1.82) is 0 Å². The first-order chi connectivity index (χ1) is 8.00. The first-order valence-electron chi connectivity index (χ1n) is 4.35. The highest BCUT2D eigenvalue weighted by Crippen LogP contribution is 2.32. The average Bonchev–Trinajstić information content (AvgIpc) is 2.57. The number of hydrogen-bond acceptors (Lipinski definition) is 3. The molecule has 0 unspecified atom stereocenters. The summed E-state index contributed by atoms with van der Waals surface area (Å²) in [5.41, 5.74) is 0.782. The van der Waals surface area contributed by atoms with Crippen LogP contribution < -0.4 is 0 Å². The Labute approximate surface area is 121 Å². The van der Waals surface area contributed by atoms with Crippen molar-refractivity contribution in [2.24, 2.45) is 0 Å². The summed E-state index contributed by atoms with van der Waals surface area (Å²) in [5, 5.41) is 14.8. The van der Waals surface area contributed by atoms with Crippen LogP contribution in [-0.4, -0.2) is 14.7 Å². The molecule has 0 atom stereocenters. The fraction of sp³-hybridized carbons (Fsp3) is 0. The molecule has 1 aromatic heterocycles. The second-order valence-electron chi connectivity index (χ2n) is 3.08. The van der Waals surface area contributed by atoms with Gasteiger partial charge in [0.25, 0.3) is 5.69 Å². The van der Waals surface area contributed by atoms with Gasteiger partial charge in [-0.15, -0.1) is 0 Å². The Morgan fingerprint density at radius 3 is 2.18 bits per heavy atom. The van der Waals surface area contributed by atoms with E-state index in [1.165, 1.54) is 12.1 Å². The molecule has 8 heteroatoms. The summed E-state index contributed by atoms with van der Waals surface area (Å²) in [5.74, 6) is 0. The number of aromatic nitrogens is 2. The molecular formula is C9H4Br3N3O2. The van der Waals surface area contributed by atoms with Crippen molar-refractivity contribution in [2.45, 2.75) is 0 Å². The van der Waals surface area contributed by atoms with E-state index in [4.69, 9.17) is 0 Å². The van der Waals surface area contributed by atoms with Gasteiger partial charge >= 0.3 is 0 Å². The van der Waals surface area contributed by atoms with Gasteiger partial charge in [-0.2, -0.15) is 5.10 Å². The maximum absolute atomic E-state index is 10.5. The summed E-state index contributed by atoms with van der Waals surface area (Å²) in [6.07, 6.45) is 0. The summed E-state index contributed by atoms with van der Waals surface area (Å²) in [6.45, 7) is 0. The predicted octanol–water partition coefficient (Wildman–Crippen LogP) is 4.07. The van der Waals surface area contributed by atoms with E-state index in [9.17, 15) is 10.1 Å². The van der Waals surface area contributed by atoms with Crippen LogP contribution in [-0.2, 0) is 0 Å². The average molecular weight is 426 g/mol. The van der Waals surface area contributed by atoms with E-state index in [1.807, 2.05) is 0 Å². The van der Waals surface area contributed by atoms with Crippen LogP contribution in [0.5, 0.6) is 0 Å². The van der Waals surface area contributed by atoms with Gasteiger partial charge in [-0.1, -0.05) is 0 Å². The minimum absolute atomic E-state index is 0.0511. The molecule has 0 saturated carbocycles. The van der Waals surface area contributed by atoms with E-state index < -0.39 is 4.92 Å². The van der Waals surface area contributed by atoms with Crippen LogP contribution in [0, 0.1) is 10.1 Å². The molecule has 0 aliphatic rings. The standard InChI is InChI=1S/C9H4Br3N3O2/c10-7-8(11)13-14(9(7)12)5-1-3-6(4-2-5)15(16)17/h1-4H. The van der Waals surface area contributed by atoms with Crippen molar-refractivity contribution >= 4 is 53.5 Å². The molecule has 5 nitrogen and oxygen atoms in total. The highest BCUT2D eigenvalue weighted by molar-refractivity contribution is 9.14. The number of benzene rings is 1. The number of halogens is 3. The minimum atomic E-state index is -0.437. The Bertz CT molecular complexity index is 580. The van der Waals surface area contributed by atoms with Crippen LogP contribution in [0.2, 0.25) is 0 Å². The quantitative estimate of drug-likeness (QED) is 0.538. The van der Waals surface area contributed by atoms with Crippen molar-refractivity contribution in [3.05, 3.63) is 48.1 Å². The Kier molecular flexibility index (Phi) is 3.64. The molecule has 17 heavy (non-hydrogen) atoms. The Morgan fingerprint density at radius 1 is 1.18 bits per heavy atom. The predicted molar refractivity (Wildman–Crippen MR) is 73.3 cm³/mol. The lowest BCUT2D eigenvalue weighted by atomic mass is 10.3. The van der Waals surface area contributed by atoms with Gasteiger partial charge < -0.3 is 0 Å². The van der Waals surface area contributed by atoms with Crippen LogP contribution >= 0.6 is 47.8 Å². The number of rotatable bonds is 2. The van der Waals surface area contributed by atoms with Crippen molar-refractivity contribution < 1.29 is 4.92 Å². The van der Waals surface area contributed by atoms with Gasteiger partial charge in [-0.05, 0) is 59.9 Å². The summed E-state index contributed by atoms with van der Waals surface area (Å²) in [6, 6.07) is 6.14. The Morgan fingerprint density at radius 2 is 1.76 bits per heavy atom. The molecule has 0 aliphatic carbocycles. The molecule has 88 valence electrons. The van der Waals surface area contributed by atoms with Crippen LogP contribution in [0.15, 0.2) is 37.9 Å². The molecular weight excluding hydrogens is 422 g/mol. The van der Waals surface area contributed by atoms with Crippen molar-refractivity contribution in [2.75, 3.05) is 0 Å². The van der Waals surface area contributed by atoms with Gasteiger partial charge in [-0.3, -0.25) is 10.1 Å². The normalized spacial score (nSPS) is 10.5. The third-order valence-electron chi connectivity index (χ3n) is 2.04. The number of nitrogens with zero attached hydrogens (tertiary/aromatic N) is 3. The van der Waals surface area contributed by atoms with Gasteiger partial charge in [0.15, 0.2) is 0 Å². The third kappa shape index (κ3) is 2.43. The maximum atomic E-state index is 10.5. The topological polar surface area (TPSA) is 61.0 Å². The summed E-state index contributed by atoms with van der Waals surface area (Å²) < 4.78 is 3.80. The molecule has 1 heterocycles. The van der Waals surface area contributed by atoms with Crippen LogP contribution in [0.4, 0.5) is 5.69 Å². The highest BCUT2D eigenvalue weighted by atomic mass is 79.9. The van der Waals surface area contributed by atoms with Crippen LogP contribution in [0.3, 0.4) is 0 Å². The fourth-order valence-corrected chi connectivity index (χ4v) is 2.57. The fourth-order valence-electron chi connectivity index (χ4n) is 1.24. The maximum Gasteiger partial charge on any atom is 0.269 e. The molecule has 0 fully saturated rings. The van der Waals surface area contributed by atoms with Gasteiger partial charge in [-0.25, -0.2) is 4.68 Å². The van der Waals surface area contributed by atoms with E-state index in [2.05, 4.69) is 52.9 Å². The Balaban J connectivity index is 2.47. The number of hydrogen-bond donors (Lipinski definition) is 0. The second-order valence-corrected chi connectivity index (χ2v) is 5.38. The molecule has 0 spiro atoms. The highest BCUT2D eigenvalue weighted by Gasteiger charge is 2.13. The first kappa shape index (κ1) is 12.7. The lowest BCUT2D eigenvalue weighted by molar-refractivity contribution is -0.384. The molecule has 2 rings (SSSR count). The molecule has 0 radical (unpaired) electrons. The molecule has 0 N–H and O–H groups in total. The van der Waals surface area contributed by atoms with E-state index in [0.717, 1.165) is 14.8 Å². The van der Waals surface area contributed by atoms with Crippen LogP contribution in [0.25, 0.3) is 5.69 Å². The van der Waals surface area contributed by atoms with Crippen molar-refractivity contribution in [3.8, 4) is 5.69 Å². The van der Waals surface area contributed by atoms with Crippen LogP contribution in [0.1, 0.15) is 0 Å². The van der Waals surface area contributed by atoms with Crippen molar-refractivity contribution in [3.63, 3.8) is 0 Å². The lowest BCUT2D eigenvalue weighted by Gasteiger charge is -2.02. The SMILES string of the molecule is O=[N+]([O-])c1ccc(-n2nc(Br)c(Br)c2Br)cc1. The van der Waals surface area contributed by atoms with Gasteiger partial charge in [0.2, 0.25) is 0 Å². The number of nitro benzene ring substituents is 1. The van der Waals surface area contributed by atoms with Crippen molar-refractivity contribution in [1.82, 2.24) is 9.78 Å². The van der Waals surface area contributed by atoms with E-state index in [1.54, 1.807) is 16.8 Å². The lowest BCUT2D eigenvalue weighted by Crippen LogP contribution is -1.97. The third-order valence-corrected chi connectivity index (χ3v) is 5.14. The zero-order valence-electron chi connectivity index (χ0n) is 8.10. The zero-order valence-corrected chi connectivity index (χ0v) is 12.9. The van der Waals surface area contributed by atoms with E-state index in [-0.39, 0.29) is 5.69 Å². The summed E-state index contributed by atoms with van der Waals surface area (Å²) >= 11 is 10.0. The van der Waals surface area contributed by atoms with Gasteiger partial charge in [0.1, 0.15) is 9.21 Å². The molecule has 0 amide bonds. The molecule has 0 saturated heterocycles. The number of non-ortho nitro benzene ring substituents is 1. The molecule has 2 aromatic rings. The molecule has 0 aliphatic heterocycles. The smallest absolute Gasteiger partial charge is 0.258 e. The minimum Gasteiger partial charge on any atom is -0.258 e. The van der Waals surface area contributed by atoms with Gasteiger partial charge in [0, 0.05) is 12.1 Å². The largest absolute Gasteiger partial charge is 0.269 e. The summed E-state index contributed by atoms with van der Waals surface area (Å²) in [4.78, 5) is 10.1. The van der Waals surface area contributed by atoms with E-state index >= 15 is 0 Å². The molecule has 0 bridgehead atoms. The number of nitro groups is 1.